The van der Waals surface area contributed by atoms with E-state index in [1.807, 2.05) is 0 Å². The van der Waals surface area contributed by atoms with E-state index < -0.39 is 0 Å². The van der Waals surface area contributed by atoms with Gasteiger partial charge in [-0.2, -0.15) is 0 Å². The van der Waals surface area contributed by atoms with Gasteiger partial charge in [-0.3, -0.25) is 0 Å². The van der Waals surface area contributed by atoms with E-state index >= 15 is 0 Å². The molecule has 0 unspecified atom stereocenters. The Hall–Kier alpha value is -1.32. The molecule has 14 heavy (non-hydrogen) atoms. The number of fused-ring (bicyclic) bond motifs is 1. The third-order valence-electron chi connectivity index (χ3n) is 2.01. The second-order valence-corrected chi connectivity index (χ2v) is 2.91. The van der Waals surface area contributed by atoms with Gasteiger partial charge in [0, 0.05) is 0 Å². The monoisotopic (exact) mass is 187 g/mol. The highest BCUT2D eigenvalue weighted by Crippen LogP contribution is 2.16. The van der Waals surface area contributed by atoms with Crippen molar-refractivity contribution in [1.29, 1.82) is 0 Å². The highest BCUT2D eigenvalue weighted by atomic mass is 16.4. The van der Waals surface area contributed by atoms with Gasteiger partial charge in [-0.1, -0.05) is 42.5 Å². The first-order chi connectivity index (χ1) is 6.79. The summed E-state index contributed by atoms with van der Waals surface area (Å²) in [6.07, 6.45) is 0. The molecule has 0 heterocycles. The summed E-state index contributed by atoms with van der Waals surface area (Å²) in [6, 6.07) is 14.8. The smallest absolute Gasteiger partial charge is 0.429 e. The van der Waals surface area contributed by atoms with Crippen molar-refractivity contribution in [3.63, 3.8) is 0 Å². The molecule has 0 saturated heterocycles. The van der Waals surface area contributed by atoms with Gasteiger partial charge in [0.25, 0.3) is 0 Å². The first-order valence-electron chi connectivity index (χ1n) is 4.34. The predicted octanol–water partition coefficient (Wildman–Crippen LogP) is 1.65. The Labute approximate surface area is 84.1 Å². The van der Waals surface area contributed by atoms with Gasteiger partial charge in [0.1, 0.15) is 0 Å². The van der Waals surface area contributed by atoms with E-state index in [-0.39, 0.29) is 7.69 Å². The van der Waals surface area contributed by atoms with Crippen LogP contribution in [0.15, 0.2) is 42.5 Å². The SMILES string of the molecule is Cc1cccc2ccccc12.O[B]O. The summed E-state index contributed by atoms with van der Waals surface area (Å²) in [5, 5.41) is 16.7. The summed E-state index contributed by atoms with van der Waals surface area (Å²) < 4.78 is 0. The van der Waals surface area contributed by atoms with Crippen LogP contribution >= 0.6 is 0 Å². The summed E-state index contributed by atoms with van der Waals surface area (Å²) in [7, 11) is 0. The molecular weight excluding hydrogens is 175 g/mol. The summed E-state index contributed by atoms with van der Waals surface area (Å²) >= 11 is 0. The quantitative estimate of drug-likeness (QED) is 0.615. The maximum absolute atomic E-state index is 7.00. The van der Waals surface area contributed by atoms with Gasteiger partial charge < -0.3 is 10.0 Å². The number of benzene rings is 2. The van der Waals surface area contributed by atoms with E-state index in [0.717, 1.165) is 0 Å². The molecule has 0 fully saturated rings. The molecule has 0 aliphatic carbocycles. The number of aryl methyl sites for hydroxylation is 1. The first kappa shape index (κ1) is 10.8. The van der Waals surface area contributed by atoms with Crippen LogP contribution < -0.4 is 0 Å². The molecule has 0 bridgehead atoms. The minimum absolute atomic E-state index is 0. The van der Waals surface area contributed by atoms with Crippen LogP contribution in [0.25, 0.3) is 10.8 Å². The molecule has 0 spiro atoms. The van der Waals surface area contributed by atoms with Crippen molar-refractivity contribution >= 4 is 18.5 Å². The minimum atomic E-state index is 0. The second kappa shape index (κ2) is 5.42. The van der Waals surface area contributed by atoms with Crippen LogP contribution in [0.5, 0.6) is 0 Å². The molecular formula is C11H12BO2. The topological polar surface area (TPSA) is 40.5 Å². The third kappa shape index (κ3) is 2.59. The molecule has 2 aromatic rings. The fourth-order valence-corrected chi connectivity index (χ4v) is 1.39. The Morgan fingerprint density at radius 3 is 2.14 bits per heavy atom. The Kier molecular flexibility index (Phi) is 4.17. The lowest BCUT2D eigenvalue weighted by molar-refractivity contribution is 0.448. The van der Waals surface area contributed by atoms with E-state index in [9.17, 15) is 0 Å². The van der Waals surface area contributed by atoms with Crippen LogP contribution in [0.4, 0.5) is 0 Å². The molecule has 2 nitrogen and oxygen atoms in total. The second-order valence-electron chi connectivity index (χ2n) is 2.91. The van der Waals surface area contributed by atoms with Crippen LogP contribution in [-0.4, -0.2) is 17.7 Å². The average Bonchev–Trinajstić information content (AvgIpc) is 2.20. The number of rotatable bonds is 0. The maximum Gasteiger partial charge on any atom is 0.482 e. The Balaban J connectivity index is 0.000000293. The molecule has 2 aromatic carbocycles. The standard InChI is InChI=1S/C11H10.BH2O2/c1-9-5-4-7-10-6-2-3-8-11(9)10;2-1-3/h2-8H,1H3;2-3H. The van der Waals surface area contributed by atoms with Crippen molar-refractivity contribution in [2.45, 2.75) is 6.92 Å². The van der Waals surface area contributed by atoms with E-state index in [1.54, 1.807) is 0 Å². The lowest BCUT2D eigenvalue weighted by Crippen LogP contribution is -1.75. The molecule has 0 aliphatic rings. The molecule has 71 valence electrons. The molecule has 0 amide bonds. The summed E-state index contributed by atoms with van der Waals surface area (Å²) in [6.45, 7) is 2.14. The number of hydrogen-bond acceptors (Lipinski definition) is 2. The Morgan fingerprint density at radius 1 is 0.929 bits per heavy atom. The van der Waals surface area contributed by atoms with Crippen molar-refractivity contribution in [2.24, 2.45) is 0 Å². The van der Waals surface area contributed by atoms with Crippen LogP contribution in [0.3, 0.4) is 0 Å². The molecule has 0 saturated carbocycles. The van der Waals surface area contributed by atoms with Crippen molar-refractivity contribution in [2.75, 3.05) is 0 Å². The van der Waals surface area contributed by atoms with Crippen LogP contribution in [0.1, 0.15) is 5.56 Å². The highest BCUT2D eigenvalue weighted by molar-refractivity contribution is 6.13. The van der Waals surface area contributed by atoms with E-state index in [2.05, 4.69) is 49.4 Å². The first-order valence-corrected chi connectivity index (χ1v) is 4.34. The Bertz CT molecular complexity index is 396. The highest BCUT2D eigenvalue weighted by Gasteiger charge is 1.92. The molecule has 2 rings (SSSR count). The predicted molar refractivity (Wildman–Crippen MR) is 58.9 cm³/mol. The molecule has 3 heteroatoms. The minimum Gasteiger partial charge on any atom is -0.429 e. The van der Waals surface area contributed by atoms with Gasteiger partial charge >= 0.3 is 7.69 Å². The van der Waals surface area contributed by atoms with E-state index in [4.69, 9.17) is 10.0 Å². The zero-order valence-corrected chi connectivity index (χ0v) is 8.01. The average molecular weight is 187 g/mol. The zero-order valence-electron chi connectivity index (χ0n) is 8.01. The molecule has 0 atom stereocenters. The maximum atomic E-state index is 7.00. The van der Waals surface area contributed by atoms with Crippen molar-refractivity contribution in [3.05, 3.63) is 48.0 Å². The van der Waals surface area contributed by atoms with Gasteiger partial charge in [0.05, 0.1) is 0 Å². The van der Waals surface area contributed by atoms with Crippen molar-refractivity contribution < 1.29 is 10.0 Å². The van der Waals surface area contributed by atoms with Gasteiger partial charge in [-0.25, -0.2) is 0 Å². The fourth-order valence-electron chi connectivity index (χ4n) is 1.39. The largest absolute Gasteiger partial charge is 0.482 e. The molecule has 0 aromatic heterocycles. The Morgan fingerprint density at radius 2 is 1.50 bits per heavy atom. The number of hydrogen-bond donors (Lipinski definition) is 2. The van der Waals surface area contributed by atoms with Gasteiger partial charge in [-0.15, -0.1) is 0 Å². The summed E-state index contributed by atoms with van der Waals surface area (Å²) in [5.41, 5.74) is 1.35. The van der Waals surface area contributed by atoms with Gasteiger partial charge in [0.15, 0.2) is 0 Å². The fraction of sp³-hybridized carbons (Fsp3) is 0.0909. The van der Waals surface area contributed by atoms with Gasteiger partial charge in [-0.05, 0) is 23.3 Å². The zero-order chi connectivity index (χ0) is 10.4. The van der Waals surface area contributed by atoms with E-state index in [1.165, 1.54) is 16.3 Å². The van der Waals surface area contributed by atoms with Crippen molar-refractivity contribution in [3.8, 4) is 0 Å². The van der Waals surface area contributed by atoms with E-state index in [0.29, 0.717) is 0 Å². The lowest BCUT2D eigenvalue weighted by Gasteiger charge is -1.98. The van der Waals surface area contributed by atoms with Crippen LogP contribution in [-0.2, 0) is 0 Å². The summed E-state index contributed by atoms with van der Waals surface area (Å²) in [4.78, 5) is 0. The van der Waals surface area contributed by atoms with Crippen LogP contribution in [0.2, 0.25) is 0 Å². The lowest BCUT2D eigenvalue weighted by atomic mass is 10.1. The normalized spacial score (nSPS) is 9.07. The molecule has 1 radical (unpaired) electrons. The van der Waals surface area contributed by atoms with Crippen molar-refractivity contribution in [1.82, 2.24) is 0 Å². The molecule has 0 aliphatic heterocycles. The van der Waals surface area contributed by atoms with Crippen LogP contribution in [0, 0.1) is 6.92 Å². The molecule has 2 N–H and O–H groups in total. The van der Waals surface area contributed by atoms with Gasteiger partial charge in [0.2, 0.25) is 0 Å². The summed E-state index contributed by atoms with van der Waals surface area (Å²) in [5.74, 6) is 0. The third-order valence-corrected chi connectivity index (χ3v) is 2.01.